The number of ether oxygens (including phenoxy) is 2. The average Bonchev–Trinajstić information content (AvgIpc) is 2.31. The second-order valence-electron chi connectivity index (χ2n) is 3.71. The van der Waals surface area contributed by atoms with Crippen LogP contribution >= 0.6 is 11.6 Å². The Labute approximate surface area is 95.1 Å². The van der Waals surface area contributed by atoms with E-state index in [1.54, 1.807) is 0 Å². The molecule has 0 unspecified atom stereocenters. The molecule has 0 atom stereocenters. The van der Waals surface area contributed by atoms with Crippen LogP contribution < -0.4 is 4.74 Å². The molecule has 0 N–H and O–H groups in total. The summed E-state index contributed by atoms with van der Waals surface area (Å²) in [6.07, 6.45) is 2.27. The van der Waals surface area contributed by atoms with Crippen molar-refractivity contribution in [3.05, 3.63) is 29.8 Å². The van der Waals surface area contributed by atoms with E-state index in [9.17, 15) is 0 Å². The molecule has 0 aliphatic carbocycles. The molecule has 1 saturated heterocycles. The number of rotatable bonds is 3. The lowest BCUT2D eigenvalue weighted by molar-refractivity contribution is 0.0255. The van der Waals surface area contributed by atoms with Crippen molar-refractivity contribution in [2.24, 2.45) is 0 Å². The fraction of sp³-hybridized carbons (Fsp3) is 0.500. The fourth-order valence-corrected chi connectivity index (χ4v) is 1.82. The molecule has 0 saturated carbocycles. The van der Waals surface area contributed by atoms with E-state index >= 15 is 0 Å². The van der Waals surface area contributed by atoms with E-state index in [4.69, 9.17) is 21.1 Å². The molecule has 2 nitrogen and oxygen atoms in total. The Morgan fingerprint density at radius 1 is 1.20 bits per heavy atom. The first-order valence-corrected chi connectivity index (χ1v) is 5.81. The van der Waals surface area contributed by atoms with Crippen LogP contribution in [0.1, 0.15) is 18.4 Å². The highest BCUT2D eigenvalue weighted by Crippen LogP contribution is 2.18. The van der Waals surface area contributed by atoms with Crippen molar-refractivity contribution >= 4 is 11.6 Å². The average molecular weight is 227 g/mol. The molecule has 82 valence electrons. The lowest BCUT2D eigenvalue weighted by Crippen LogP contribution is -2.25. The van der Waals surface area contributed by atoms with Crippen LogP contribution in [-0.4, -0.2) is 19.3 Å². The Balaban J connectivity index is 1.91. The molecular formula is C12H15ClO2. The highest BCUT2D eigenvalue weighted by molar-refractivity contribution is 6.17. The lowest BCUT2D eigenvalue weighted by atomic mass is 10.1. The fourth-order valence-electron chi connectivity index (χ4n) is 1.64. The summed E-state index contributed by atoms with van der Waals surface area (Å²) in [5.41, 5.74) is 1.12. The van der Waals surface area contributed by atoms with Crippen molar-refractivity contribution in [1.82, 2.24) is 0 Å². The van der Waals surface area contributed by atoms with Crippen LogP contribution in [0.2, 0.25) is 0 Å². The van der Waals surface area contributed by atoms with Crippen LogP contribution in [0.15, 0.2) is 24.3 Å². The zero-order valence-electron chi connectivity index (χ0n) is 8.62. The SMILES string of the molecule is ClCc1ccc(OC2CCOCC2)cc1. The quantitative estimate of drug-likeness (QED) is 0.738. The third-order valence-electron chi connectivity index (χ3n) is 2.55. The molecule has 0 aromatic heterocycles. The van der Waals surface area contributed by atoms with Gasteiger partial charge in [-0.3, -0.25) is 0 Å². The molecule has 1 aromatic carbocycles. The summed E-state index contributed by atoms with van der Waals surface area (Å²) in [7, 11) is 0. The van der Waals surface area contributed by atoms with Crippen molar-refractivity contribution < 1.29 is 9.47 Å². The molecule has 1 aliphatic rings. The van der Waals surface area contributed by atoms with Crippen LogP contribution in [0, 0.1) is 0 Å². The molecular weight excluding hydrogens is 212 g/mol. The summed E-state index contributed by atoms with van der Waals surface area (Å²) >= 11 is 5.71. The van der Waals surface area contributed by atoms with Crippen LogP contribution in [0.5, 0.6) is 5.75 Å². The monoisotopic (exact) mass is 226 g/mol. The molecule has 15 heavy (non-hydrogen) atoms. The molecule has 2 rings (SSSR count). The Bertz CT molecular complexity index is 291. The Kier molecular flexibility index (Phi) is 3.87. The first kappa shape index (κ1) is 10.8. The number of hydrogen-bond acceptors (Lipinski definition) is 2. The van der Waals surface area contributed by atoms with Crippen molar-refractivity contribution in [2.45, 2.75) is 24.8 Å². The first-order valence-electron chi connectivity index (χ1n) is 5.28. The van der Waals surface area contributed by atoms with Crippen LogP contribution in [0.25, 0.3) is 0 Å². The van der Waals surface area contributed by atoms with Gasteiger partial charge in [0.05, 0.1) is 13.2 Å². The maximum absolute atomic E-state index is 5.83. The maximum atomic E-state index is 5.83. The maximum Gasteiger partial charge on any atom is 0.119 e. The van der Waals surface area contributed by atoms with E-state index < -0.39 is 0 Å². The van der Waals surface area contributed by atoms with Crippen molar-refractivity contribution in [3.8, 4) is 5.75 Å². The normalized spacial score (nSPS) is 17.7. The molecule has 3 heteroatoms. The Morgan fingerprint density at radius 3 is 2.47 bits per heavy atom. The molecule has 0 spiro atoms. The Morgan fingerprint density at radius 2 is 1.87 bits per heavy atom. The summed E-state index contributed by atoms with van der Waals surface area (Å²) in [6, 6.07) is 7.96. The predicted octanol–water partition coefficient (Wildman–Crippen LogP) is 2.98. The minimum Gasteiger partial charge on any atom is -0.490 e. The van der Waals surface area contributed by atoms with E-state index in [1.807, 2.05) is 24.3 Å². The zero-order chi connectivity index (χ0) is 10.5. The van der Waals surface area contributed by atoms with Crippen LogP contribution in [-0.2, 0) is 10.6 Å². The van der Waals surface area contributed by atoms with E-state index in [2.05, 4.69) is 0 Å². The summed E-state index contributed by atoms with van der Waals surface area (Å²) in [5.74, 6) is 1.48. The number of hydrogen-bond donors (Lipinski definition) is 0. The van der Waals surface area contributed by atoms with Crippen molar-refractivity contribution in [1.29, 1.82) is 0 Å². The van der Waals surface area contributed by atoms with Gasteiger partial charge in [0.1, 0.15) is 11.9 Å². The third-order valence-corrected chi connectivity index (χ3v) is 2.86. The molecule has 1 fully saturated rings. The van der Waals surface area contributed by atoms with Crippen LogP contribution in [0.3, 0.4) is 0 Å². The van der Waals surface area contributed by atoms with Gasteiger partial charge in [-0.05, 0) is 17.7 Å². The molecule has 1 aliphatic heterocycles. The minimum atomic E-state index is 0.306. The predicted molar refractivity (Wildman–Crippen MR) is 60.5 cm³/mol. The second kappa shape index (κ2) is 5.38. The smallest absolute Gasteiger partial charge is 0.119 e. The highest BCUT2D eigenvalue weighted by Gasteiger charge is 2.14. The number of benzene rings is 1. The van der Waals surface area contributed by atoms with E-state index in [0.29, 0.717) is 12.0 Å². The Hall–Kier alpha value is -0.730. The van der Waals surface area contributed by atoms with Crippen molar-refractivity contribution in [2.75, 3.05) is 13.2 Å². The van der Waals surface area contributed by atoms with Gasteiger partial charge in [0.25, 0.3) is 0 Å². The molecule has 0 radical (unpaired) electrons. The van der Waals surface area contributed by atoms with Gasteiger partial charge in [-0.1, -0.05) is 12.1 Å². The highest BCUT2D eigenvalue weighted by atomic mass is 35.5. The topological polar surface area (TPSA) is 18.5 Å². The minimum absolute atomic E-state index is 0.306. The van der Waals surface area contributed by atoms with Gasteiger partial charge in [0.2, 0.25) is 0 Å². The number of halogens is 1. The summed E-state index contributed by atoms with van der Waals surface area (Å²) in [5, 5.41) is 0. The van der Waals surface area contributed by atoms with E-state index in [-0.39, 0.29) is 0 Å². The van der Waals surface area contributed by atoms with Gasteiger partial charge >= 0.3 is 0 Å². The number of alkyl halides is 1. The van der Waals surface area contributed by atoms with Gasteiger partial charge in [0.15, 0.2) is 0 Å². The molecule has 1 heterocycles. The summed E-state index contributed by atoms with van der Waals surface area (Å²) in [6.45, 7) is 1.62. The third kappa shape index (κ3) is 3.11. The summed E-state index contributed by atoms with van der Waals surface area (Å²) in [4.78, 5) is 0. The van der Waals surface area contributed by atoms with Crippen LogP contribution in [0.4, 0.5) is 0 Å². The van der Waals surface area contributed by atoms with Gasteiger partial charge < -0.3 is 9.47 Å². The van der Waals surface area contributed by atoms with Gasteiger partial charge in [-0.25, -0.2) is 0 Å². The van der Waals surface area contributed by atoms with E-state index in [0.717, 1.165) is 37.4 Å². The summed E-state index contributed by atoms with van der Waals surface area (Å²) < 4.78 is 11.1. The first-order chi connectivity index (χ1) is 7.38. The lowest BCUT2D eigenvalue weighted by Gasteiger charge is -2.23. The largest absolute Gasteiger partial charge is 0.490 e. The zero-order valence-corrected chi connectivity index (χ0v) is 9.37. The standard InChI is InChI=1S/C12H15ClO2/c13-9-10-1-3-11(4-2-10)15-12-5-7-14-8-6-12/h1-4,12H,5-9H2. The van der Waals surface area contributed by atoms with Gasteiger partial charge in [-0.2, -0.15) is 0 Å². The van der Waals surface area contributed by atoms with Gasteiger partial charge in [-0.15, -0.1) is 11.6 Å². The van der Waals surface area contributed by atoms with E-state index in [1.165, 1.54) is 0 Å². The second-order valence-corrected chi connectivity index (χ2v) is 3.97. The molecule has 0 amide bonds. The van der Waals surface area contributed by atoms with Crippen molar-refractivity contribution in [3.63, 3.8) is 0 Å². The molecule has 1 aromatic rings. The van der Waals surface area contributed by atoms with Gasteiger partial charge in [0, 0.05) is 18.7 Å². The molecule has 0 bridgehead atoms.